The lowest BCUT2D eigenvalue weighted by atomic mass is 10.0. The van der Waals surface area contributed by atoms with Gasteiger partial charge < -0.3 is 9.73 Å². The van der Waals surface area contributed by atoms with Gasteiger partial charge in [-0.05, 0) is 59.2 Å². The number of anilines is 1. The van der Waals surface area contributed by atoms with Crippen molar-refractivity contribution in [2.24, 2.45) is 0 Å². The summed E-state index contributed by atoms with van der Waals surface area (Å²) in [5.74, 6) is 0.496. The largest absolute Gasteiger partial charge is 0.465 e. The van der Waals surface area contributed by atoms with Crippen LogP contribution in [0.4, 0.5) is 5.69 Å². The zero-order valence-electron chi connectivity index (χ0n) is 15.3. The number of carbonyl (C=O) groups excluding carboxylic acids is 1. The molecule has 5 rings (SSSR count). The smallest absolute Gasteiger partial charge is 0.256 e. The molecule has 0 atom stereocenters. The first-order chi connectivity index (χ1) is 13.8. The number of rotatable bonds is 4. The second kappa shape index (κ2) is 6.86. The second-order valence-electron chi connectivity index (χ2n) is 7.01. The van der Waals surface area contributed by atoms with Crippen LogP contribution in [0.1, 0.15) is 22.5 Å². The molecule has 1 N–H and O–H groups in total. The second-order valence-corrected chi connectivity index (χ2v) is 7.01. The molecule has 28 heavy (non-hydrogen) atoms. The van der Waals surface area contributed by atoms with Gasteiger partial charge in [-0.1, -0.05) is 54.6 Å². The molecule has 1 amide bonds. The van der Waals surface area contributed by atoms with Crippen LogP contribution >= 0.6 is 0 Å². The molecule has 3 aromatic carbocycles. The SMILES string of the molecule is O=C(Nc1ccc2c3c(cccc13)CC2)/C(=C/c1ccco1)c1ccccc1. The molecule has 3 heteroatoms. The summed E-state index contributed by atoms with van der Waals surface area (Å²) in [5, 5.41) is 5.52. The lowest BCUT2D eigenvalue weighted by Gasteiger charge is -2.13. The molecule has 1 aliphatic carbocycles. The van der Waals surface area contributed by atoms with Crippen molar-refractivity contribution in [3.63, 3.8) is 0 Å². The highest BCUT2D eigenvalue weighted by Crippen LogP contribution is 2.35. The first-order valence-corrected chi connectivity index (χ1v) is 9.45. The average molecular weight is 365 g/mol. The van der Waals surface area contributed by atoms with Crippen LogP contribution in [0.2, 0.25) is 0 Å². The van der Waals surface area contributed by atoms with Gasteiger partial charge in [0.2, 0.25) is 0 Å². The third kappa shape index (κ3) is 2.91. The molecular weight excluding hydrogens is 346 g/mol. The molecule has 0 radical (unpaired) electrons. The Morgan fingerprint density at radius 1 is 0.857 bits per heavy atom. The maximum absolute atomic E-state index is 13.2. The Bertz CT molecular complexity index is 1180. The average Bonchev–Trinajstić information content (AvgIpc) is 3.40. The van der Waals surface area contributed by atoms with Crippen LogP contribution < -0.4 is 5.32 Å². The predicted octanol–water partition coefficient (Wildman–Crippen LogP) is 5.71. The molecule has 0 fully saturated rings. The molecule has 1 heterocycles. The third-order valence-corrected chi connectivity index (χ3v) is 5.28. The first-order valence-electron chi connectivity index (χ1n) is 9.45. The van der Waals surface area contributed by atoms with Gasteiger partial charge in [-0.2, -0.15) is 0 Å². The summed E-state index contributed by atoms with van der Waals surface area (Å²) in [6.07, 6.45) is 5.52. The van der Waals surface area contributed by atoms with Crippen LogP contribution in [0.3, 0.4) is 0 Å². The van der Waals surface area contributed by atoms with Crippen LogP contribution in [0.5, 0.6) is 0 Å². The standard InChI is InChI=1S/C25H19NO2/c27-25(22(16-20-9-5-15-28-20)17-6-2-1-3-7-17)26-23-14-13-19-12-11-18-8-4-10-21(23)24(18)19/h1-10,13-16H,11-12H2,(H,26,27)/b22-16+. The number of nitrogens with one attached hydrogen (secondary N) is 1. The Labute approximate surface area is 163 Å². The molecule has 0 saturated heterocycles. The monoisotopic (exact) mass is 365 g/mol. The van der Waals surface area contributed by atoms with Crippen molar-refractivity contribution in [1.82, 2.24) is 0 Å². The van der Waals surface area contributed by atoms with Crippen molar-refractivity contribution in [1.29, 1.82) is 0 Å². The van der Waals surface area contributed by atoms with Crippen LogP contribution in [0, 0.1) is 0 Å². The Morgan fingerprint density at radius 3 is 2.46 bits per heavy atom. The summed E-state index contributed by atoms with van der Waals surface area (Å²) in [6.45, 7) is 0. The molecule has 0 aliphatic heterocycles. The fourth-order valence-corrected chi connectivity index (χ4v) is 3.96. The molecule has 136 valence electrons. The molecule has 0 saturated carbocycles. The lowest BCUT2D eigenvalue weighted by Crippen LogP contribution is -2.14. The Kier molecular flexibility index (Phi) is 4.06. The van der Waals surface area contributed by atoms with Crippen LogP contribution in [-0.4, -0.2) is 5.91 Å². The van der Waals surface area contributed by atoms with Crippen molar-refractivity contribution >= 4 is 34.0 Å². The van der Waals surface area contributed by atoms with Crippen molar-refractivity contribution < 1.29 is 9.21 Å². The molecule has 0 spiro atoms. The van der Waals surface area contributed by atoms with Gasteiger partial charge in [-0.25, -0.2) is 0 Å². The highest BCUT2D eigenvalue weighted by Gasteiger charge is 2.18. The lowest BCUT2D eigenvalue weighted by molar-refractivity contribution is -0.111. The van der Waals surface area contributed by atoms with Gasteiger partial charge in [0.15, 0.2) is 0 Å². The molecule has 4 aromatic rings. The van der Waals surface area contributed by atoms with E-state index in [1.807, 2.05) is 48.5 Å². The fourth-order valence-electron chi connectivity index (χ4n) is 3.96. The molecule has 1 aliphatic rings. The zero-order valence-corrected chi connectivity index (χ0v) is 15.3. The van der Waals surface area contributed by atoms with E-state index in [0.29, 0.717) is 11.3 Å². The van der Waals surface area contributed by atoms with E-state index in [1.54, 1.807) is 12.3 Å². The van der Waals surface area contributed by atoms with E-state index in [9.17, 15) is 4.79 Å². The van der Waals surface area contributed by atoms with Crippen molar-refractivity contribution in [2.45, 2.75) is 12.8 Å². The van der Waals surface area contributed by atoms with E-state index in [0.717, 1.165) is 29.5 Å². The van der Waals surface area contributed by atoms with E-state index >= 15 is 0 Å². The summed E-state index contributed by atoms with van der Waals surface area (Å²) in [7, 11) is 0. The number of amides is 1. The maximum atomic E-state index is 13.2. The zero-order chi connectivity index (χ0) is 18.9. The van der Waals surface area contributed by atoms with Gasteiger partial charge in [-0.15, -0.1) is 0 Å². The number of hydrogen-bond acceptors (Lipinski definition) is 2. The highest BCUT2D eigenvalue weighted by atomic mass is 16.3. The minimum Gasteiger partial charge on any atom is -0.465 e. The third-order valence-electron chi connectivity index (χ3n) is 5.28. The van der Waals surface area contributed by atoms with Gasteiger partial charge in [0, 0.05) is 11.1 Å². The van der Waals surface area contributed by atoms with E-state index in [-0.39, 0.29) is 5.91 Å². The van der Waals surface area contributed by atoms with Gasteiger partial charge in [-0.3, -0.25) is 4.79 Å². The molecular formula is C25H19NO2. The topological polar surface area (TPSA) is 42.2 Å². The van der Waals surface area contributed by atoms with Crippen molar-refractivity contribution in [2.75, 3.05) is 5.32 Å². The number of furan rings is 1. The van der Waals surface area contributed by atoms with Crippen molar-refractivity contribution in [3.05, 3.63) is 102 Å². The molecule has 3 nitrogen and oxygen atoms in total. The number of carbonyl (C=O) groups is 1. The number of benzene rings is 3. The summed E-state index contributed by atoms with van der Waals surface area (Å²) in [6, 6.07) is 23.8. The van der Waals surface area contributed by atoms with Gasteiger partial charge in [0.25, 0.3) is 5.91 Å². The van der Waals surface area contributed by atoms with Crippen molar-refractivity contribution in [3.8, 4) is 0 Å². The summed E-state index contributed by atoms with van der Waals surface area (Å²) in [5.41, 5.74) is 4.98. The molecule has 0 bridgehead atoms. The van der Waals surface area contributed by atoms with Crippen LogP contribution in [0.25, 0.3) is 22.4 Å². The van der Waals surface area contributed by atoms with Crippen LogP contribution in [0.15, 0.2) is 83.5 Å². The van der Waals surface area contributed by atoms with Gasteiger partial charge in [0.05, 0.1) is 11.8 Å². The quantitative estimate of drug-likeness (QED) is 0.471. The van der Waals surface area contributed by atoms with Gasteiger partial charge >= 0.3 is 0 Å². The highest BCUT2D eigenvalue weighted by molar-refractivity contribution is 6.30. The molecule has 0 unspecified atom stereocenters. The summed E-state index contributed by atoms with van der Waals surface area (Å²) < 4.78 is 5.44. The maximum Gasteiger partial charge on any atom is 0.256 e. The van der Waals surface area contributed by atoms with E-state index in [4.69, 9.17) is 4.42 Å². The van der Waals surface area contributed by atoms with E-state index < -0.39 is 0 Å². The minimum absolute atomic E-state index is 0.152. The predicted molar refractivity (Wildman–Crippen MR) is 113 cm³/mol. The molecule has 1 aromatic heterocycles. The van der Waals surface area contributed by atoms with Crippen LogP contribution in [-0.2, 0) is 17.6 Å². The first kappa shape index (κ1) is 16.6. The summed E-state index contributed by atoms with van der Waals surface area (Å²) in [4.78, 5) is 13.2. The fraction of sp³-hybridized carbons (Fsp3) is 0.0800. The summed E-state index contributed by atoms with van der Waals surface area (Å²) >= 11 is 0. The number of hydrogen-bond donors (Lipinski definition) is 1. The van der Waals surface area contributed by atoms with E-state index in [1.165, 1.54) is 16.5 Å². The Hall–Kier alpha value is -3.59. The normalized spacial score (nSPS) is 13.1. The minimum atomic E-state index is -0.152. The Balaban J connectivity index is 1.56. The Morgan fingerprint density at radius 2 is 1.68 bits per heavy atom. The van der Waals surface area contributed by atoms with E-state index in [2.05, 4.69) is 29.6 Å². The number of aryl methyl sites for hydroxylation is 2. The van der Waals surface area contributed by atoms with Gasteiger partial charge in [0.1, 0.15) is 5.76 Å².